The van der Waals surface area contributed by atoms with Crippen molar-refractivity contribution in [2.45, 2.75) is 70.8 Å². The SMILES string of the molecule is Cc1cccc(C(N)CC(O)NC(Cc2ccc(Cl)cc2)C(=O)N2CCC(N(CC(C)C)N3CCN(C)CC3)CC2)c1. The Morgan fingerprint density at radius 1 is 1.07 bits per heavy atom. The number of nitrogens with two attached hydrogens (primary N) is 1. The number of rotatable bonds is 12. The topological polar surface area (TPSA) is 88.3 Å². The molecule has 0 bridgehead atoms. The molecule has 3 unspecified atom stereocenters. The van der Waals surface area contributed by atoms with Crippen LogP contribution in [0.1, 0.15) is 55.8 Å². The van der Waals surface area contributed by atoms with E-state index < -0.39 is 12.3 Å². The fraction of sp³-hybridized carbons (Fsp3) is 0.606. The van der Waals surface area contributed by atoms with Crippen LogP contribution in [-0.4, -0.2) is 102 Å². The summed E-state index contributed by atoms with van der Waals surface area (Å²) in [7, 11) is 2.19. The molecule has 0 saturated carbocycles. The molecule has 0 aromatic heterocycles. The second-order valence-electron chi connectivity index (χ2n) is 12.7. The number of piperidine rings is 1. The van der Waals surface area contributed by atoms with Crippen molar-refractivity contribution in [2.75, 3.05) is 52.9 Å². The third-order valence-electron chi connectivity index (χ3n) is 8.59. The highest BCUT2D eigenvalue weighted by Crippen LogP contribution is 2.23. The van der Waals surface area contributed by atoms with E-state index in [1.807, 2.05) is 60.4 Å². The minimum atomic E-state index is -0.918. The van der Waals surface area contributed by atoms with Gasteiger partial charge in [-0.05, 0) is 62.4 Å². The molecule has 42 heavy (non-hydrogen) atoms. The maximum absolute atomic E-state index is 14.0. The van der Waals surface area contributed by atoms with Crippen LogP contribution in [-0.2, 0) is 11.2 Å². The number of piperazine rings is 1. The number of nitrogens with zero attached hydrogens (tertiary/aromatic N) is 4. The summed E-state index contributed by atoms with van der Waals surface area (Å²) in [4.78, 5) is 18.3. The van der Waals surface area contributed by atoms with E-state index in [4.69, 9.17) is 17.3 Å². The van der Waals surface area contributed by atoms with Gasteiger partial charge >= 0.3 is 0 Å². The molecule has 2 aromatic rings. The van der Waals surface area contributed by atoms with Gasteiger partial charge in [0.25, 0.3) is 0 Å². The average molecular weight is 599 g/mol. The molecule has 2 aliphatic heterocycles. The summed E-state index contributed by atoms with van der Waals surface area (Å²) in [6.07, 6.45) is 1.75. The number of likely N-dealkylation sites (tertiary alicyclic amines) is 1. The van der Waals surface area contributed by atoms with E-state index in [0.717, 1.165) is 62.3 Å². The van der Waals surface area contributed by atoms with Crippen molar-refractivity contribution < 1.29 is 9.90 Å². The molecule has 4 rings (SSSR count). The van der Waals surface area contributed by atoms with Crippen molar-refractivity contribution >= 4 is 17.5 Å². The minimum Gasteiger partial charge on any atom is -0.379 e. The highest BCUT2D eigenvalue weighted by atomic mass is 35.5. The summed E-state index contributed by atoms with van der Waals surface area (Å²) in [5, 5.41) is 20.1. The molecule has 0 spiro atoms. The number of carbonyl (C=O) groups excluding carboxylic acids is 1. The lowest BCUT2D eigenvalue weighted by atomic mass is 9.99. The van der Waals surface area contributed by atoms with E-state index in [9.17, 15) is 9.90 Å². The molecule has 8 nitrogen and oxygen atoms in total. The number of hydrazine groups is 1. The first-order valence-corrected chi connectivity index (χ1v) is 16.0. The molecule has 232 valence electrons. The number of amides is 1. The number of halogens is 1. The number of hydrogen-bond acceptors (Lipinski definition) is 7. The summed E-state index contributed by atoms with van der Waals surface area (Å²) >= 11 is 6.12. The number of benzene rings is 2. The highest BCUT2D eigenvalue weighted by molar-refractivity contribution is 6.30. The average Bonchev–Trinajstić information content (AvgIpc) is 2.97. The van der Waals surface area contributed by atoms with Crippen LogP contribution in [0.25, 0.3) is 0 Å². The van der Waals surface area contributed by atoms with Crippen LogP contribution in [0.4, 0.5) is 0 Å². The summed E-state index contributed by atoms with van der Waals surface area (Å²) in [6, 6.07) is 15.1. The van der Waals surface area contributed by atoms with Gasteiger partial charge < -0.3 is 20.6 Å². The van der Waals surface area contributed by atoms with Crippen molar-refractivity contribution in [1.82, 2.24) is 25.1 Å². The van der Waals surface area contributed by atoms with Crippen LogP contribution >= 0.6 is 11.6 Å². The number of aliphatic hydroxyl groups excluding tert-OH is 1. The summed E-state index contributed by atoms with van der Waals surface area (Å²) in [6.45, 7) is 13.3. The van der Waals surface area contributed by atoms with Crippen LogP contribution in [0.2, 0.25) is 5.02 Å². The largest absolute Gasteiger partial charge is 0.379 e. The molecular weight excluding hydrogens is 548 g/mol. The molecule has 0 radical (unpaired) electrons. The highest BCUT2D eigenvalue weighted by Gasteiger charge is 2.34. The molecule has 3 atom stereocenters. The number of carbonyl (C=O) groups is 1. The van der Waals surface area contributed by atoms with E-state index in [-0.39, 0.29) is 11.9 Å². The van der Waals surface area contributed by atoms with E-state index in [0.29, 0.717) is 42.9 Å². The van der Waals surface area contributed by atoms with Gasteiger partial charge in [-0.3, -0.25) is 10.1 Å². The minimum absolute atomic E-state index is 0.0292. The predicted octanol–water partition coefficient (Wildman–Crippen LogP) is 3.67. The van der Waals surface area contributed by atoms with Gasteiger partial charge in [0.05, 0.1) is 6.04 Å². The fourth-order valence-electron chi connectivity index (χ4n) is 6.18. The third-order valence-corrected chi connectivity index (χ3v) is 8.84. The van der Waals surface area contributed by atoms with Crippen molar-refractivity contribution in [1.29, 1.82) is 0 Å². The Hall–Kier alpha value is -2.04. The molecular formula is C33H51ClN6O2. The summed E-state index contributed by atoms with van der Waals surface area (Å²) in [5.74, 6) is 0.603. The zero-order chi connectivity index (χ0) is 30.2. The normalized spacial score (nSPS) is 19.8. The number of likely N-dealkylation sites (N-methyl/N-ethyl adjacent to an activating group) is 1. The van der Waals surface area contributed by atoms with Gasteiger partial charge in [0, 0.05) is 69.3 Å². The van der Waals surface area contributed by atoms with E-state index in [1.165, 1.54) is 0 Å². The first kappa shape index (κ1) is 32.9. The third kappa shape index (κ3) is 9.48. The predicted molar refractivity (Wildman–Crippen MR) is 171 cm³/mol. The Morgan fingerprint density at radius 2 is 1.74 bits per heavy atom. The zero-order valence-corrected chi connectivity index (χ0v) is 26.6. The van der Waals surface area contributed by atoms with Crippen molar-refractivity contribution in [3.05, 3.63) is 70.2 Å². The Kier molecular flexibility index (Phi) is 12.2. The molecule has 0 aliphatic carbocycles. The lowest BCUT2D eigenvalue weighted by Gasteiger charge is -2.47. The van der Waals surface area contributed by atoms with Crippen LogP contribution in [0, 0.1) is 12.8 Å². The Bertz CT molecular complexity index is 1120. The van der Waals surface area contributed by atoms with Crippen LogP contribution < -0.4 is 11.1 Å². The first-order valence-electron chi connectivity index (χ1n) is 15.6. The zero-order valence-electron chi connectivity index (χ0n) is 25.9. The second kappa shape index (κ2) is 15.6. The summed E-state index contributed by atoms with van der Waals surface area (Å²) in [5.41, 5.74) is 9.55. The standard InChI is InChI=1S/C33H51ClN6O2/c1-24(2)23-40(39-18-16-37(4)17-19-39)29-12-14-38(15-13-29)33(42)31(21-26-8-10-28(34)11-9-26)36-32(41)22-30(35)27-7-5-6-25(3)20-27/h5-11,20,24,29-32,36,41H,12-19,21-23,35H2,1-4H3. The number of hydrogen-bond donors (Lipinski definition) is 3. The van der Waals surface area contributed by atoms with Crippen LogP contribution in [0.5, 0.6) is 0 Å². The van der Waals surface area contributed by atoms with Gasteiger partial charge in [0.1, 0.15) is 6.23 Å². The van der Waals surface area contributed by atoms with Gasteiger partial charge in [0.2, 0.25) is 5.91 Å². The monoisotopic (exact) mass is 598 g/mol. The second-order valence-corrected chi connectivity index (χ2v) is 13.1. The fourth-order valence-corrected chi connectivity index (χ4v) is 6.30. The maximum Gasteiger partial charge on any atom is 0.240 e. The van der Waals surface area contributed by atoms with Gasteiger partial charge in [-0.1, -0.05) is 67.4 Å². The van der Waals surface area contributed by atoms with Crippen molar-refractivity contribution in [2.24, 2.45) is 11.7 Å². The lowest BCUT2D eigenvalue weighted by molar-refractivity contribution is -0.139. The molecule has 2 aliphatic rings. The van der Waals surface area contributed by atoms with E-state index in [1.54, 1.807) is 0 Å². The van der Waals surface area contributed by atoms with Gasteiger partial charge in [-0.25, -0.2) is 10.0 Å². The molecule has 2 saturated heterocycles. The number of nitrogens with one attached hydrogen (secondary N) is 1. The molecule has 4 N–H and O–H groups in total. The van der Waals surface area contributed by atoms with Crippen LogP contribution in [0.15, 0.2) is 48.5 Å². The van der Waals surface area contributed by atoms with E-state index in [2.05, 4.69) is 41.1 Å². The van der Waals surface area contributed by atoms with Gasteiger partial charge in [0.15, 0.2) is 0 Å². The van der Waals surface area contributed by atoms with Crippen molar-refractivity contribution in [3.63, 3.8) is 0 Å². The molecule has 2 aromatic carbocycles. The molecule has 9 heteroatoms. The number of aryl methyl sites for hydroxylation is 1. The Balaban J connectivity index is 1.41. The first-order chi connectivity index (χ1) is 20.1. The lowest BCUT2D eigenvalue weighted by Crippen LogP contribution is -2.60. The van der Waals surface area contributed by atoms with E-state index >= 15 is 0 Å². The summed E-state index contributed by atoms with van der Waals surface area (Å²) < 4.78 is 0. The molecule has 2 heterocycles. The van der Waals surface area contributed by atoms with Gasteiger partial charge in [-0.2, -0.15) is 0 Å². The maximum atomic E-state index is 14.0. The number of aliphatic hydroxyl groups is 1. The smallest absolute Gasteiger partial charge is 0.240 e. The van der Waals surface area contributed by atoms with Crippen LogP contribution in [0.3, 0.4) is 0 Å². The Labute approximate surface area is 257 Å². The quantitative estimate of drug-likeness (QED) is 0.321. The molecule has 1 amide bonds. The molecule has 2 fully saturated rings. The van der Waals surface area contributed by atoms with Gasteiger partial charge in [-0.15, -0.1) is 0 Å². The Morgan fingerprint density at radius 3 is 2.36 bits per heavy atom. The van der Waals surface area contributed by atoms with Crippen molar-refractivity contribution in [3.8, 4) is 0 Å².